The van der Waals surface area contributed by atoms with E-state index in [1.165, 1.54) is 25.1 Å². The van der Waals surface area contributed by atoms with Gasteiger partial charge in [0.15, 0.2) is 0 Å². The van der Waals surface area contributed by atoms with Crippen LogP contribution in [0.1, 0.15) is 27.7 Å². The second-order valence-electron chi connectivity index (χ2n) is 3.18. The van der Waals surface area contributed by atoms with Crippen molar-refractivity contribution in [2.75, 3.05) is 0 Å². The van der Waals surface area contributed by atoms with Crippen LogP contribution in [0.5, 0.6) is 0 Å². The van der Waals surface area contributed by atoms with Crippen molar-refractivity contribution in [1.82, 2.24) is 0 Å². The Hall–Kier alpha value is -0.573. The summed E-state index contributed by atoms with van der Waals surface area (Å²) >= 11 is 0. The van der Waals surface area contributed by atoms with Crippen LogP contribution >= 0.6 is 0 Å². The van der Waals surface area contributed by atoms with Gasteiger partial charge in [0.2, 0.25) is 0 Å². The molecule has 0 saturated heterocycles. The Morgan fingerprint density at radius 2 is 1.46 bits per heavy atom. The van der Waals surface area contributed by atoms with E-state index in [9.17, 15) is 4.79 Å². The number of rotatable bonds is 4. The summed E-state index contributed by atoms with van der Waals surface area (Å²) in [6.45, 7) is 11.6. The van der Waals surface area contributed by atoms with Crippen LogP contribution in [0.15, 0.2) is 12.2 Å². The molecule has 78 valence electrons. The van der Waals surface area contributed by atoms with Gasteiger partial charge in [-0.2, -0.15) is 0 Å². The predicted molar refractivity (Wildman–Crippen MR) is 61.0 cm³/mol. The fourth-order valence-electron chi connectivity index (χ4n) is 0.866. The molecule has 3 heteroatoms. The lowest BCUT2D eigenvalue weighted by Crippen LogP contribution is -2.04. The maximum absolute atomic E-state index is 9.60. The zero-order valence-corrected chi connectivity index (χ0v) is 10.4. The number of hydrogen-bond acceptors (Lipinski definition) is 1. The molecule has 2 nitrogen and oxygen atoms in total. The third-order valence-corrected chi connectivity index (χ3v) is 5.56. The highest BCUT2D eigenvalue weighted by molar-refractivity contribution is 6.58. The molecule has 0 aromatic heterocycles. The lowest BCUT2D eigenvalue weighted by Gasteiger charge is -2.03. The van der Waals surface area contributed by atoms with Gasteiger partial charge in [-0.3, -0.25) is 0 Å². The Morgan fingerprint density at radius 1 is 1.23 bits per heavy atom. The molecule has 0 heterocycles. The SMILES string of the molecule is C=C(C)C(=O)O.CC[SiH](CC)CC. The van der Waals surface area contributed by atoms with Gasteiger partial charge in [0.1, 0.15) is 0 Å². The van der Waals surface area contributed by atoms with Crippen LogP contribution < -0.4 is 0 Å². The fourth-order valence-corrected chi connectivity index (χ4v) is 2.60. The summed E-state index contributed by atoms with van der Waals surface area (Å²) in [7, 11) is -0.171. The molecule has 0 rings (SSSR count). The molecule has 0 fully saturated rings. The molecule has 0 aromatic carbocycles. The van der Waals surface area contributed by atoms with Crippen molar-refractivity contribution >= 4 is 14.8 Å². The monoisotopic (exact) mass is 202 g/mol. The van der Waals surface area contributed by atoms with Gasteiger partial charge < -0.3 is 5.11 Å². The largest absolute Gasteiger partial charge is 0.478 e. The molecule has 1 N–H and O–H groups in total. The van der Waals surface area contributed by atoms with Crippen LogP contribution in [0.4, 0.5) is 0 Å². The summed E-state index contributed by atoms with van der Waals surface area (Å²) in [5, 5.41) is 7.89. The minimum absolute atomic E-state index is 0.171. The summed E-state index contributed by atoms with van der Waals surface area (Å²) in [5.41, 5.74) is 0.176. The number of carboxylic acid groups (broad SMARTS) is 1. The fraction of sp³-hybridized carbons (Fsp3) is 0.700. The van der Waals surface area contributed by atoms with Gasteiger partial charge >= 0.3 is 5.97 Å². The Balaban J connectivity index is 0. The van der Waals surface area contributed by atoms with Gasteiger partial charge in [-0.15, -0.1) is 0 Å². The van der Waals surface area contributed by atoms with E-state index in [0.717, 1.165) is 0 Å². The summed E-state index contributed by atoms with van der Waals surface area (Å²) in [6, 6.07) is 4.48. The average Bonchev–Trinajstić information content (AvgIpc) is 2.08. The molecule has 0 aliphatic carbocycles. The normalized spacial score (nSPS) is 9.00. The predicted octanol–water partition coefficient (Wildman–Crippen LogP) is 2.92. The van der Waals surface area contributed by atoms with Crippen LogP contribution in [0.25, 0.3) is 0 Å². The number of hydrogen-bond donors (Lipinski definition) is 1. The molecular formula is C10H22O2Si. The van der Waals surface area contributed by atoms with Crippen molar-refractivity contribution in [3.05, 3.63) is 12.2 Å². The molecule has 0 bridgehead atoms. The third-order valence-electron chi connectivity index (χ3n) is 2.10. The molecular weight excluding hydrogens is 180 g/mol. The summed E-state index contributed by atoms with van der Waals surface area (Å²) in [5.74, 6) is -0.935. The van der Waals surface area contributed by atoms with E-state index < -0.39 is 5.97 Å². The highest BCUT2D eigenvalue weighted by Crippen LogP contribution is 2.01. The highest BCUT2D eigenvalue weighted by Gasteiger charge is 1.98. The quantitative estimate of drug-likeness (QED) is 0.562. The molecule has 0 radical (unpaired) electrons. The van der Waals surface area contributed by atoms with Crippen molar-refractivity contribution < 1.29 is 9.90 Å². The van der Waals surface area contributed by atoms with Gasteiger partial charge in [0.25, 0.3) is 0 Å². The molecule has 13 heavy (non-hydrogen) atoms. The van der Waals surface area contributed by atoms with Crippen LogP contribution in [0.2, 0.25) is 18.1 Å². The second kappa shape index (κ2) is 9.51. The molecule has 0 aromatic rings. The minimum Gasteiger partial charge on any atom is -0.478 e. The van der Waals surface area contributed by atoms with Gasteiger partial charge in [-0.1, -0.05) is 45.5 Å². The molecule has 0 atom stereocenters. The Morgan fingerprint density at radius 3 is 1.46 bits per heavy atom. The first-order chi connectivity index (χ1) is 5.99. The lowest BCUT2D eigenvalue weighted by molar-refractivity contribution is -0.132. The van der Waals surface area contributed by atoms with Gasteiger partial charge in [0.05, 0.1) is 0 Å². The summed E-state index contributed by atoms with van der Waals surface area (Å²) in [4.78, 5) is 9.60. The van der Waals surface area contributed by atoms with Crippen LogP contribution in [0.3, 0.4) is 0 Å². The standard InChI is InChI=1S/C6H16Si.C4H6O2/c1-4-7(5-2)6-3;1-3(2)4(5)6/h7H,4-6H2,1-3H3;1H2,2H3,(H,5,6). The van der Waals surface area contributed by atoms with Crippen molar-refractivity contribution in [2.45, 2.75) is 45.8 Å². The number of carboxylic acids is 1. The van der Waals surface area contributed by atoms with E-state index in [1.54, 1.807) is 0 Å². The topological polar surface area (TPSA) is 37.3 Å². The van der Waals surface area contributed by atoms with Gasteiger partial charge in [0, 0.05) is 14.4 Å². The molecule has 0 amide bonds. The smallest absolute Gasteiger partial charge is 0.330 e. The van der Waals surface area contributed by atoms with E-state index in [2.05, 4.69) is 27.4 Å². The maximum atomic E-state index is 9.60. The molecule has 0 spiro atoms. The average molecular weight is 202 g/mol. The van der Waals surface area contributed by atoms with E-state index in [4.69, 9.17) is 5.11 Å². The number of aliphatic carboxylic acids is 1. The van der Waals surface area contributed by atoms with Gasteiger partial charge in [-0.25, -0.2) is 4.79 Å². The first-order valence-corrected chi connectivity index (χ1v) is 7.33. The summed E-state index contributed by atoms with van der Waals surface area (Å²) < 4.78 is 0. The molecule has 0 unspecified atom stereocenters. The van der Waals surface area contributed by atoms with E-state index in [1.807, 2.05) is 0 Å². The maximum Gasteiger partial charge on any atom is 0.330 e. The summed E-state index contributed by atoms with van der Waals surface area (Å²) in [6.07, 6.45) is 0. The lowest BCUT2D eigenvalue weighted by atomic mass is 10.4. The molecule has 0 aliphatic rings. The zero-order valence-electron chi connectivity index (χ0n) is 9.26. The first-order valence-electron chi connectivity index (χ1n) is 4.88. The van der Waals surface area contributed by atoms with Crippen molar-refractivity contribution in [2.24, 2.45) is 0 Å². The minimum atomic E-state index is -0.935. The Kier molecular flexibility index (Phi) is 10.9. The van der Waals surface area contributed by atoms with Crippen LogP contribution in [0, 0.1) is 0 Å². The van der Waals surface area contributed by atoms with Crippen LogP contribution in [-0.2, 0) is 4.79 Å². The van der Waals surface area contributed by atoms with E-state index in [0.29, 0.717) is 0 Å². The van der Waals surface area contributed by atoms with E-state index >= 15 is 0 Å². The second-order valence-corrected chi connectivity index (χ2v) is 7.36. The number of carbonyl (C=O) groups is 1. The van der Waals surface area contributed by atoms with Crippen molar-refractivity contribution in [3.8, 4) is 0 Å². The Labute approximate surface area is 83.3 Å². The molecule has 0 aliphatic heterocycles. The Bertz CT molecular complexity index is 133. The van der Waals surface area contributed by atoms with Crippen molar-refractivity contribution in [3.63, 3.8) is 0 Å². The van der Waals surface area contributed by atoms with Crippen molar-refractivity contribution in [1.29, 1.82) is 0 Å². The zero-order chi connectivity index (χ0) is 10.9. The van der Waals surface area contributed by atoms with Gasteiger partial charge in [-0.05, 0) is 6.92 Å². The third kappa shape index (κ3) is 11.4. The van der Waals surface area contributed by atoms with E-state index in [-0.39, 0.29) is 14.4 Å². The first kappa shape index (κ1) is 14.9. The molecule has 0 saturated carbocycles. The van der Waals surface area contributed by atoms with Crippen LogP contribution in [-0.4, -0.2) is 19.9 Å². The highest BCUT2D eigenvalue weighted by atomic mass is 28.3.